The lowest BCUT2D eigenvalue weighted by Gasteiger charge is -2.09. The zero-order chi connectivity index (χ0) is 9.26. The van der Waals surface area contributed by atoms with Gasteiger partial charge in [-0.3, -0.25) is 0 Å². The molecule has 1 atom stereocenters. The van der Waals surface area contributed by atoms with Crippen LogP contribution >= 0.6 is 12.4 Å². The third kappa shape index (κ3) is 2.20. The Morgan fingerprint density at radius 2 is 2.21 bits per heavy atom. The van der Waals surface area contributed by atoms with Crippen LogP contribution in [0.1, 0.15) is 23.5 Å². The molecule has 0 amide bonds. The monoisotopic (exact) mass is 213 g/mol. The average molecular weight is 214 g/mol. The number of hydrogen-bond acceptors (Lipinski definition) is 2. The molecule has 2 rings (SSSR count). The van der Waals surface area contributed by atoms with Gasteiger partial charge in [-0.05, 0) is 43.0 Å². The third-order valence-corrected chi connectivity index (χ3v) is 2.75. The molecule has 0 spiro atoms. The first-order valence-corrected chi connectivity index (χ1v) is 4.77. The number of rotatable bonds is 1. The molecular weight excluding hydrogens is 198 g/mol. The standard InChI is InChI=1S/C11H15NO.ClH/c1-8-6-9(2-3-11(8)13)10-4-5-12-7-10;/h2-3,6,10,12-13H,4-5,7H2,1H3;1H. The molecule has 0 aliphatic carbocycles. The van der Waals surface area contributed by atoms with Gasteiger partial charge in [-0.1, -0.05) is 12.1 Å². The molecule has 1 unspecified atom stereocenters. The van der Waals surface area contributed by atoms with E-state index in [4.69, 9.17) is 0 Å². The maximum absolute atomic E-state index is 9.37. The zero-order valence-corrected chi connectivity index (χ0v) is 9.10. The van der Waals surface area contributed by atoms with E-state index in [2.05, 4.69) is 11.4 Å². The lowest BCUT2D eigenvalue weighted by molar-refractivity contribution is 0.470. The first kappa shape index (κ1) is 11.3. The highest BCUT2D eigenvalue weighted by molar-refractivity contribution is 5.85. The van der Waals surface area contributed by atoms with Crippen LogP contribution in [0.2, 0.25) is 0 Å². The van der Waals surface area contributed by atoms with Crippen LogP contribution in [0.5, 0.6) is 5.75 Å². The highest BCUT2D eigenvalue weighted by Gasteiger charge is 2.16. The summed E-state index contributed by atoms with van der Waals surface area (Å²) in [6, 6.07) is 5.91. The van der Waals surface area contributed by atoms with Gasteiger partial charge in [0.05, 0.1) is 0 Å². The van der Waals surface area contributed by atoms with Crippen LogP contribution < -0.4 is 5.32 Å². The number of aryl methyl sites for hydroxylation is 1. The minimum Gasteiger partial charge on any atom is -0.508 e. The molecule has 2 N–H and O–H groups in total. The van der Waals surface area contributed by atoms with Gasteiger partial charge in [0.15, 0.2) is 0 Å². The first-order chi connectivity index (χ1) is 6.27. The van der Waals surface area contributed by atoms with Crippen LogP contribution in [0.15, 0.2) is 18.2 Å². The van der Waals surface area contributed by atoms with Gasteiger partial charge >= 0.3 is 0 Å². The maximum atomic E-state index is 9.37. The first-order valence-electron chi connectivity index (χ1n) is 4.77. The van der Waals surface area contributed by atoms with E-state index >= 15 is 0 Å². The Morgan fingerprint density at radius 1 is 1.43 bits per heavy atom. The zero-order valence-electron chi connectivity index (χ0n) is 8.29. The lowest BCUT2D eigenvalue weighted by atomic mass is 9.97. The number of hydrogen-bond donors (Lipinski definition) is 2. The van der Waals surface area contributed by atoms with Gasteiger partial charge in [-0.15, -0.1) is 12.4 Å². The van der Waals surface area contributed by atoms with E-state index in [-0.39, 0.29) is 12.4 Å². The van der Waals surface area contributed by atoms with Crippen molar-refractivity contribution in [3.8, 4) is 5.75 Å². The highest BCUT2D eigenvalue weighted by atomic mass is 35.5. The largest absolute Gasteiger partial charge is 0.508 e. The Kier molecular flexibility index (Phi) is 3.78. The molecule has 1 aliphatic rings. The van der Waals surface area contributed by atoms with E-state index in [9.17, 15) is 5.11 Å². The lowest BCUT2D eigenvalue weighted by Crippen LogP contribution is -2.07. The van der Waals surface area contributed by atoms with Crippen molar-refractivity contribution in [2.75, 3.05) is 13.1 Å². The summed E-state index contributed by atoms with van der Waals surface area (Å²) in [5.41, 5.74) is 2.32. The Labute approximate surface area is 90.7 Å². The van der Waals surface area contributed by atoms with Crippen molar-refractivity contribution in [3.05, 3.63) is 29.3 Å². The van der Waals surface area contributed by atoms with E-state index in [1.165, 1.54) is 12.0 Å². The molecule has 1 saturated heterocycles. The Bertz CT molecular complexity index is 308. The molecule has 1 fully saturated rings. The molecule has 3 heteroatoms. The van der Waals surface area contributed by atoms with Crippen molar-refractivity contribution in [3.63, 3.8) is 0 Å². The van der Waals surface area contributed by atoms with E-state index < -0.39 is 0 Å². The number of aromatic hydroxyl groups is 1. The van der Waals surface area contributed by atoms with E-state index in [1.807, 2.05) is 13.0 Å². The molecule has 2 nitrogen and oxygen atoms in total. The van der Waals surface area contributed by atoms with Crippen molar-refractivity contribution in [2.24, 2.45) is 0 Å². The number of phenolic OH excluding ortho intramolecular Hbond substituents is 1. The SMILES string of the molecule is Cc1cc(C2CCNC2)ccc1O.Cl. The predicted molar refractivity (Wildman–Crippen MR) is 60.3 cm³/mol. The second-order valence-electron chi connectivity index (χ2n) is 3.74. The number of phenols is 1. The van der Waals surface area contributed by atoms with Gasteiger partial charge in [0, 0.05) is 6.54 Å². The molecule has 0 aromatic heterocycles. The molecule has 14 heavy (non-hydrogen) atoms. The summed E-state index contributed by atoms with van der Waals surface area (Å²) in [4.78, 5) is 0. The minimum absolute atomic E-state index is 0. The van der Waals surface area contributed by atoms with Crippen LogP contribution in [-0.4, -0.2) is 18.2 Å². The molecule has 1 aromatic carbocycles. The second kappa shape index (κ2) is 4.67. The summed E-state index contributed by atoms with van der Waals surface area (Å²) >= 11 is 0. The fourth-order valence-electron chi connectivity index (χ4n) is 1.87. The molecule has 0 radical (unpaired) electrons. The van der Waals surface area contributed by atoms with Crippen molar-refractivity contribution in [1.82, 2.24) is 5.32 Å². The smallest absolute Gasteiger partial charge is 0.118 e. The fraction of sp³-hybridized carbons (Fsp3) is 0.455. The summed E-state index contributed by atoms with van der Waals surface area (Å²) in [6.45, 7) is 4.13. The van der Waals surface area contributed by atoms with Crippen molar-refractivity contribution < 1.29 is 5.11 Å². The van der Waals surface area contributed by atoms with Crippen molar-refractivity contribution >= 4 is 12.4 Å². The van der Waals surface area contributed by atoms with Crippen molar-refractivity contribution in [2.45, 2.75) is 19.3 Å². The van der Waals surface area contributed by atoms with Gasteiger partial charge < -0.3 is 10.4 Å². The summed E-state index contributed by atoms with van der Waals surface area (Å²) in [5, 5.41) is 12.7. The van der Waals surface area contributed by atoms with Crippen LogP contribution in [0.25, 0.3) is 0 Å². The Morgan fingerprint density at radius 3 is 2.79 bits per heavy atom. The maximum Gasteiger partial charge on any atom is 0.118 e. The van der Waals surface area contributed by atoms with Crippen LogP contribution in [0.4, 0.5) is 0 Å². The van der Waals surface area contributed by atoms with Crippen LogP contribution in [-0.2, 0) is 0 Å². The van der Waals surface area contributed by atoms with Crippen molar-refractivity contribution in [1.29, 1.82) is 0 Å². The molecule has 1 aromatic rings. The van der Waals surface area contributed by atoms with Crippen LogP contribution in [0.3, 0.4) is 0 Å². The Balaban J connectivity index is 0.000000980. The van der Waals surface area contributed by atoms with Gasteiger partial charge in [-0.25, -0.2) is 0 Å². The van der Waals surface area contributed by atoms with E-state index in [0.717, 1.165) is 18.7 Å². The molecule has 0 saturated carbocycles. The molecule has 1 aliphatic heterocycles. The predicted octanol–water partition coefficient (Wildman–Crippen LogP) is 2.20. The van der Waals surface area contributed by atoms with E-state index in [0.29, 0.717) is 11.7 Å². The number of nitrogens with one attached hydrogen (secondary N) is 1. The fourth-order valence-corrected chi connectivity index (χ4v) is 1.87. The van der Waals surface area contributed by atoms with E-state index in [1.54, 1.807) is 6.07 Å². The topological polar surface area (TPSA) is 32.3 Å². The summed E-state index contributed by atoms with van der Waals surface area (Å²) < 4.78 is 0. The van der Waals surface area contributed by atoms with Gasteiger partial charge in [-0.2, -0.15) is 0 Å². The summed E-state index contributed by atoms with van der Waals surface area (Å²) in [7, 11) is 0. The molecule has 78 valence electrons. The molecule has 0 bridgehead atoms. The average Bonchev–Trinajstić information content (AvgIpc) is 2.62. The minimum atomic E-state index is 0. The summed E-state index contributed by atoms with van der Waals surface area (Å²) in [6.07, 6.45) is 1.21. The quantitative estimate of drug-likeness (QED) is 0.750. The molecular formula is C11H16ClNO. The highest BCUT2D eigenvalue weighted by Crippen LogP contribution is 2.26. The summed E-state index contributed by atoms with van der Waals surface area (Å²) in [5.74, 6) is 1.04. The molecule has 1 heterocycles. The Hall–Kier alpha value is -0.730. The van der Waals surface area contributed by atoms with Gasteiger partial charge in [0.2, 0.25) is 0 Å². The van der Waals surface area contributed by atoms with Crippen LogP contribution in [0, 0.1) is 6.92 Å². The number of benzene rings is 1. The third-order valence-electron chi connectivity index (χ3n) is 2.75. The number of halogens is 1. The normalized spacial score (nSPS) is 20.5. The van der Waals surface area contributed by atoms with Gasteiger partial charge in [0.25, 0.3) is 0 Å². The van der Waals surface area contributed by atoms with Gasteiger partial charge in [0.1, 0.15) is 5.75 Å². The second-order valence-corrected chi connectivity index (χ2v) is 3.74.